The molecule has 3 aromatic carbocycles. The summed E-state index contributed by atoms with van der Waals surface area (Å²) in [4.78, 5) is 24.8. The van der Waals surface area contributed by atoms with Gasteiger partial charge in [0.25, 0.3) is 0 Å². The standard InChI is InChI=1S/C24H14O5/c25-23-19(15-6-2-1-3-7-15)12-17-10-11-18(14-21(17)29-23)27-24(26)22-13-16-8-4-5-9-20(16)28-22/h1-14H. The lowest BCUT2D eigenvalue weighted by molar-refractivity contribution is 0.0704. The maximum atomic E-state index is 12.4. The highest BCUT2D eigenvalue weighted by atomic mass is 16.5. The number of rotatable bonds is 3. The summed E-state index contributed by atoms with van der Waals surface area (Å²) in [6.45, 7) is 0. The summed E-state index contributed by atoms with van der Waals surface area (Å²) in [7, 11) is 0. The largest absolute Gasteiger partial charge is 0.449 e. The number of para-hydroxylation sites is 1. The Hall–Kier alpha value is -4.12. The van der Waals surface area contributed by atoms with Crippen molar-refractivity contribution in [1.82, 2.24) is 0 Å². The van der Waals surface area contributed by atoms with Gasteiger partial charge < -0.3 is 13.6 Å². The maximum Gasteiger partial charge on any atom is 0.379 e. The molecule has 29 heavy (non-hydrogen) atoms. The fraction of sp³-hybridized carbons (Fsp3) is 0. The number of furan rings is 1. The topological polar surface area (TPSA) is 69.7 Å². The monoisotopic (exact) mass is 382 g/mol. The molecule has 0 amide bonds. The smallest absolute Gasteiger partial charge is 0.379 e. The molecule has 0 spiro atoms. The van der Waals surface area contributed by atoms with E-state index in [1.54, 1.807) is 30.3 Å². The Morgan fingerprint density at radius 2 is 1.48 bits per heavy atom. The zero-order chi connectivity index (χ0) is 19.8. The Labute approximate surface area is 164 Å². The molecule has 0 saturated carbocycles. The number of benzene rings is 3. The summed E-state index contributed by atoms with van der Waals surface area (Å²) in [6.07, 6.45) is 0. The molecule has 0 radical (unpaired) electrons. The van der Waals surface area contributed by atoms with Crippen LogP contribution in [0.4, 0.5) is 0 Å². The molecule has 140 valence electrons. The third kappa shape index (κ3) is 3.19. The highest BCUT2D eigenvalue weighted by Crippen LogP contribution is 2.26. The van der Waals surface area contributed by atoms with Crippen LogP contribution in [0.1, 0.15) is 10.6 Å². The number of carbonyl (C=O) groups is 1. The van der Waals surface area contributed by atoms with Gasteiger partial charge in [-0.05, 0) is 35.9 Å². The van der Waals surface area contributed by atoms with Crippen LogP contribution in [0.3, 0.4) is 0 Å². The van der Waals surface area contributed by atoms with E-state index < -0.39 is 11.6 Å². The molecule has 0 fully saturated rings. The van der Waals surface area contributed by atoms with Crippen molar-refractivity contribution >= 4 is 27.9 Å². The van der Waals surface area contributed by atoms with E-state index in [9.17, 15) is 9.59 Å². The van der Waals surface area contributed by atoms with Gasteiger partial charge in [0.05, 0.1) is 5.56 Å². The van der Waals surface area contributed by atoms with Crippen molar-refractivity contribution in [3.63, 3.8) is 0 Å². The highest BCUT2D eigenvalue weighted by Gasteiger charge is 2.15. The summed E-state index contributed by atoms with van der Waals surface area (Å²) in [5.41, 5.74) is 1.75. The van der Waals surface area contributed by atoms with Crippen LogP contribution < -0.4 is 10.4 Å². The first kappa shape index (κ1) is 17.0. The van der Waals surface area contributed by atoms with Crippen molar-refractivity contribution in [3.05, 3.63) is 101 Å². The lowest BCUT2D eigenvalue weighted by atomic mass is 10.1. The molecule has 0 bridgehead atoms. The molecule has 0 aliphatic rings. The molecule has 0 aliphatic carbocycles. The zero-order valence-corrected chi connectivity index (χ0v) is 15.1. The number of carbonyl (C=O) groups excluding carboxylic acids is 1. The van der Waals surface area contributed by atoms with Gasteiger partial charge in [0.1, 0.15) is 16.9 Å². The Balaban J connectivity index is 1.46. The first-order valence-corrected chi connectivity index (χ1v) is 9.01. The fourth-order valence-electron chi connectivity index (χ4n) is 3.21. The first-order valence-electron chi connectivity index (χ1n) is 9.01. The SMILES string of the molecule is O=C(Oc1ccc2cc(-c3ccccc3)c(=O)oc2c1)c1cc2ccccc2o1. The summed E-state index contributed by atoms with van der Waals surface area (Å²) in [5.74, 6) is -0.255. The first-order chi connectivity index (χ1) is 14.2. The maximum absolute atomic E-state index is 12.4. The predicted octanol–water partition coefficient (Wildman–Crippen LogP) is 5.43. The van der Waals surface area contributed by atoms with Gasteiger partial charge in [-0.3, -0.25) is 0 Å². The van der Waals surface area contributed by atoms with Crippen molar-refractivity contribution in [2.45, 2.75) is 0 Å². The van der Waals surface area contributed by atoms with Gasteiger partial charge in [-0.25, -0.2) is 9.59 Å². The van der Waals surface area contributed by atoms with Gasteiger partial charge in [-0.2, -0.15) is 0 Å². The van der Waals surface area contributed by atoms with Crippen LogP contribution in [-0.2, 0) is 0 Å². The van der Waals surface area contributed by atoms with Crippen molar-refractivity contribution in [2.24, 2.45) is 0 Å². The van der Waals surface area contributed by atoms with Crippen LogP contribution in [0.2, 0.25) is 0 Å². The van der Waals surface area contributed by atoms with Crippen LogP contribution in [0.5, 0.6) is 5.75 Å². The van der Waals surface area contributed by atoms with Crippen LogP contribution >= 0.6 is 0 Å². The Morgan fingerprint density at radius 1 is 0.724 bits per heavy atom. The second kappa shape index (κ2) is 6.80. The molecule has 0 unspecified atom stereocenters. The number of esters is 1. The summed E-state index contributed by atoms with van der Waals surface area (Å²) in [6, 6.07) is 24.9. The average molecular weight is 382 g/mol. The van der Waals surface area contributed by atoms with E-state index in [0.29, 0.717) is 16.7 Å². The number of hydrogen-bond donors (Lipinski definition) is 0. The van der Waals surface area contributed by atoms with Crippen LogP contribution in [0.15, 0.2) is 98.6 Å². The minimum atomic E-state index is -0.621. The fourth-order valence-corrected chi connectivity index (χ4v) is 3.21. The normalized spacial score (nSPS) is 11.0. The van der Waals surface area contributed by atoms with E-state index in [4.69, 9.17) is 13.6 Å². The third-order valence-corrected chi connectivity index (χ3v) is 4.63. The van der Waals surface area contributed by atoms with Crippen molar-refractivity contribution < 1.29 is 18.4 Å². The molecule has 0 aliphatic heterocycles. The molecule has 0 atom stereocenters. The van der Waals surface area contributed by atoms with E-state index in [-0.39, 0.29) is 11.5 Å². The van der Waals surface area contributed by atoms with Gasteiger partial charge in [0.15, 0.2) is 0 Å². The third-order valence-electron chi connectivity index (χ3n) is 4.63. The van der Waals surface area contributed by atoms with Crippen LogP contribution in [0, 0.1) is 0 Å². The molecule has 5 rings (SSSR count). The van der Waals surface area contributed by atoms with Crippen LogP contribution in [0.25, 0.3) is 33.1 Å². The molecule has 5 aromatic rings. The minimum absolute atomic E-state index is 0.104. The van der Waals surface area contributed by atoms with E-state index in [0.717, 1.165) is 16.3 Å². The van der Waals surface area contributed by atoms with Crippen molar-refractivity contribution in [3.8, 4) is 16.9 Å². The summed E-state index contributed by atoms with van der Waals surface area (Å²) in [5, 5.41) is 1.55. The molecular formula is C24H14O5. The molecule has 5 heteroatoms. The summed E-state index contributed by atoms with van der Waals surface area (Å²) >= 11 is 0. The molecular weight excluding hydrogens is 368 g/mol. The second-order valence-electron chi connectivity index (χ2n) is 6.55. The lowest BCUT2D eigenvalue weighted by Crippen LogP contribution is -2.07. The van der Waals surface area contributed by atoms with E-state index in [1.807, 2.05) is 48.5 Å². The van der Waals surface area contributed by atoms with Crippen molar-refractivity contribution in [2.75, 3.05) is 0 Å². The lowest BCUT2D eigenvalue weighted by Gasteiger charge is -2.05. The van der Waals surface area contributed by atoms with Gasteiger partial charge in [0.2, 0.25) is 5.76 Å². The highest BCUT2D eigenvalue weighted by molar-refractivity contribution is 5.94. The van der Waals surface area contributed by atoms with E-state index in [2.05, 4.69) is 0 Å². The molecule has 0 N–H and O–H groups in total. The summed E-state index contributed by atoms with van der Waals surface area (Å²) < 4.78 is 16.4. The van der Waals surface area contributed by atoms with Gasteiger partial charge in [-0.1, -0.05) is 48.5 Å². The predicted molar refractivity (Wildman–Crippen MR) is 109 cm³/mol. The zero-order valence-electron chi connectivity index (χ0n) is 15.1. The van der Waals surface area contributed by atoms with Crippen molar-refractivity contribution in [1.29, 1.82) is 0 Å². The Kier molecular flexibility index (Phi) is 3.99. The number of hydrogen-bond acceptors (Lipinski definition) is 5. The molecule has 0 saturated heterocycles. The van der Waals surface area contributed by atoms with Gasteiger partial charge in [-0.15, -0.1) is 0 Å². The van der Waals surface area contributed by atoms with E-state index >= 15 is 0 Å². The van der Waals surface area contributed by atoms with Crippen LogP contribution in [-0.4, -0.2) is 5.97 Å². The van der Waals surface area contributed by atoms with E-state index in [1.165, 1.54) is 6.07 Å². The Bertz CT molecular complexity index is 1380. The average Bonchev–Trinajstić information content (AvgIpc) is 3.18. The molecule has 5 nitrogen and oxygen atoms in total. The Morgan fingerprint density at radius 3 is 2.31 bits per heavy atom. The van der Waals surface area contributed by atoms with Gasteiger partial charge >= 0.3 is 11.6 Å². The number of ether oxygens (including phenoxy) is 1. The van der Waals surface area contributed by atoms with Gasteiger partial charge in [0, 0.05) is 16.8 Å². The quantitative estimate of drug-likeness (QED) is 0.237. The minimum Gasteiger partial charge on any atom is -0.449 e. The number of fused-ring (bicyclic) bond motifs is 2. The molecule has 2 aromatic heterocycles. The molecule has 2 heterocycles. The second-order valence-corrected chi connectivity index (χ2v) is 6.55.